The van der Waals surface area contributed by atoms with Crippen LogP contribution in [0.5, 0.6) is 0 Å². The molecule has 40 heavy (non-hydrogen) atoms. The van der Waals surface area contributed by atoms with Gasteiger partial charge in [0.2, 0.25) is 10.0 Å². The molecule has 0 aliphatic carbocycles. The van der Waals surface area contributed by atoms with Crippen LogP contribution in [-0.2, 0) is 26.0 Å². The van der Waals surface area contributed by atoms with Gasteiger partial charge in [0.25, 0.3) is 0 Å². The largest absolute Gasteiger partial charge is 0.490 e. The standard InChI is InChI=1S/C24H26N4O4S.C2HF3O2/c25-24(26)19-6-3-7-20(15-19)28(16-23(29)30)14-4-5-17-10-12-18(13-11-17)21-8-1-2-9-22(21)33(27,31)32;3-2(4,5)1(6)7/h1-3,6-13,15H,4-5,14,16H2,(H3,25,26)(H,29,30)(H2,27,31,32);(H,6,7). The quantitative estimate of drug-likeness (QED) is 0.178. The van der Waals surface area contributed by atoms with Gasteiger partial charge in [0.1, 0.15) is 12.4 Å². The van der Waals surface area contributed by atoms with Crippen LogP contribution in [0.1, 0.15) is 17.5 Å². The number of carboxylic acid groups (broad SMARTS) is 2. The maximum Gasteiger partial charge on any atom is 0.490 e. The van der Waals surface area contributed by atoms with E-state index in [2.05, 4.69) is 0 Å². The Morgan fingerprint density at radius 3 is 2.08 bits per heavy atom. The minimum Gasteiger partial charge on any atom is -0.480 e. The highest BCUT2D eigenvalue weighted by Crippen LogP contribution is 2.27. The highest BCUT2D eigenvalue weighted by atomic mass is 32.2. The number of nitrogens with one attached hydrogen (secondary N) is 1. The van der Waals surface area contributed by atoms with Crippen molar-refractivity contribution in [1.82, 2.24) is 0 Å². The van der Waals surface area contributed by atoms with Crippen molar-refractivity contribution in [3.05, 3.63) is 83.9 Å². The fourth-order valence-corrected chi connectivity index (χ4v) is 4.37. The summed E-state index contributed by atoms with van der Waals surface area (Å²) in [6, 6.07) is 21.1. The number of hydrogen-bond acceptors (Lipinski definition) is 6. The molecule has 0 radical (unpaired) electrons. The molecule has 0 aliphatic heterocycles. The number of anilines is 1. The average molecular weight is 581 g/mol. The molecule has 0 aliphatic rings. The van der Waals surface area contributed by atoms with E-state index in [-0.39, 0.29) is 17.3 Å². The van der Waals surface area contributed by atoms with Crippen LogP contribution in [0.25, 0.3) is 11.1 Å². The van der Waals surface area contributed by atoms with E-state index in [1.807, 2.05) is 24.3 Å². The minimum absolute atomic E-state index is 0.0729. The molecule has 0 bridgehead atoms. The van der Waals surface area contributed by atoms with Gasteiger partial charge in [-0.25, -0.2) is 18.4 Å². The first-order valence-electron chi connectivity index (χ1n) is 11.5. The Kier molecular flexibility index (Phi) is 10.8. The molecule has 0 saturated heterocycles. The Morgan fingerprint density at radius 2 is 1.55 bits per heavy atom. The number of sulfonamides is 1. The third-order valence-electron chi connectivity index (χ3n) is 5.44. The van der Waals surface area contributed by atoms with E-state index in [9.17, 15) is 31.5 Å². The van der Waals surface area contributed by atoms with Crippen LogP contribution in [0, 0.1) is 5.41 Å². The Hall–Kier alpha value is -4.43. The number of carbonyl (C=O) groups is 2. The molecule has 14 heteroatoms. The van der Waals surface area contributed by atoms with Gasteiger partial charge in [0, 0.05) is 23.4 Å². The first kappa shape index (κ1) is 31.8. The monoisotopic (exact) mass is 580 g/mol. The number of nitrogens with zero attached hydrogens (tertiary/aromatic N) is 1. The molecule has 0 unspecified atom stereocenters. The number of amidine groups is 1. The molecule has 3 aromatic rings. The fourth-order valence-electron chi connectivity index (χ4n) is 3.61. The predicted molar refractivity (Wildman–Crippen MR) is 143 cm³/mol. The summed E-state index contributed by atoms with van der Waals surface area (Å²) < 4.78 is 55.5. The third-order valence-corrected chi connectivity index (χ3v) is 6.41. The average Bonchev–Trinajstić information content (AvgIpc) is 2.87. The van der Waals surface area contributed by atoms with Gasteiger partial charge in [0.15, 0.2) is 0 Å². The molecule has 10 nitrogen and oxygen atoms in total. The predicted octanol–water partition coefficient (Wildman–Crippen LogP) is 3.44. The summed E-state index contributed by atoms with van der Waals surface area (Å²) in [5, 5.41) is 29.4. The van der Waals surface area contributed by atoms with Gasteiger partial charge in [-0.1, -0.05) is 54.6 Å². The number of halogens is 3. The lowest BCUT2D eigenvalue weighted by Gasteiger charge is -2.23. The summed E-state index contributed by atoms with van der Waals surface area (Å²) in [5.41, 5.74) is 9.12. The fraction of sp³-hybridized carbons (Fsp3) is 0.192. The van der Waals surface area contributed by atoms with E-state index in [1.165, 1.54) is 6.07 Å². The Bertz CT molecular complexity index is 1460. The lowest BCUT2D eigenvalue weighted by Crippen LogP contribution is -2.31. The summed E-state index contributed by atoms with van der Waals surface area (Å²) in [5.74, 6) is -3.77. The summed E-state index contributed by atoms with van der Waals surface area (Å²) in [6.45, 7) is 0.342. The first-order chi connectivity index (χ1) is 18.6. The molecule has 0 amide bonds. The summed E-state index contributed by atoms with van der Waals surface area (Å²) in [4.78, 5) is 22.1. The SMILES string of the molecule is N=C(N)c1cccc(N(CCCc2ccc(-c3ccccc3S(N)(=O)=O)cc2)CC(=O)O)c1.O=C(O)C(F)(F)F. The second kappa shape index (κ2) is 13.6. The van der Waals surface area contributed by atoms with Crippen LogP contribution >= 0.6 is 0 Å². The van der Waals surface area contributed by atoms with E-state index in [0.717, 1.165) is 11.1 Å². The van der Waals surface area contributed by atoms with E-state index in [4.69, 9.17) is 26.2 Å². The second-order valence-electron chi connectivity index (χ2n) is 8.42. The smallest absolute Gasteiger partial charge is 0.480 e. The van der Waals surface area contributed by atoms with E-state index < -0.39 is 28.1 Å². The zero-order chi connectivity index (χ0) is 30.1. The van der Waals surface area contributed by atoms with Crippen LogP contribution in [0.15, 0.2) is 77.7 Å². The van der Waals surface area contributed by atoms with E-state index in [0.29, 0.717) is 36.2 Å². The first-order valence-corrected chi connectivity index (χ1v) is 13.1. The molecular formula is C26H27F3N4O6S. The normalized spacial score (nSPS) is 11.2. The van der Waals surface area contributed by atoms with Gasteiger partial charge < -0.3 is 20.8 Å². The molecule has 7 N–H and O–H groups in total. The number of carboxylic acids is 2. The lowest BCUT2D eigenvalue weighted by molar-refractivity contribution is -0.192. The molecule has 0 atom stereocenters. The number of aliphatic carboxylic acids is 2. The number of alkyl halides is 3. The van der Waals surface area contributed by atoms with Crippen molar-refractivity contribution in [2.75, 3.05) is 18.0 Å². The van der Waals surface area contributed by atoms with Crippen molar-refractivity contribution in [2.24, 2.45) is 10.9 Å². The number of nitrogen functional groups attached to an aromatic ring is 1. The van der Waals surface area contributed by atoms with Crippen molar-refractivity contribution < 1.29 is 41.4 Å². The van der Waals surface area contributed by atoms with Crippen molar-refractivity contribution in [2.45, 2.75) is 23.9 Å². The molecule has 0 spiro atoms. The van der Waals surface area contributed by atoms with Gasteiger partial charge in [0.05, 0.1) is 4.90 Å². The minimum atomic E-state index is -5.08. The Labute approximate surface area is 228 Å². The molecular weight excluding hydrogens is 553 g/mol. The van der Waals surface area contributed by atoms with Gasteiger partial charge in [-0.3, -0.25) is 10.2 Å². The number of hydrogen-bond donors (Lipinski definition) is 5. The number of rotatable bonds is 10. The van der Waals surface area contributed by atoms with Crippen LogP contribution < -0.4 is 15.8 Å². The van der Waals surface area contributed by atoms with Crippen molar-refractivity contribution in [1.29, 1.82) is 5.41 Å². The summed E-state index contributed by atoms with van der Waals surface area (Å²) in [6.07, 6.45) is -3.68. The molecule has 3 rings (SSSR count). The topological polar surface area (TPSA) is 188 Å². The lowest BCUT2D eigenvalue weighted by atomic mass is 10.0. The molecule has 3 aromatic carbocycles. The van der Waals surface area contributed by atoms with Crippen LogP contribution in [0.3, 0.4) is 0 Å². The van der Waals surface area contributed by atoms with Gasteiger partial charge >= 0.3 is 18.1 Å². The number of primary sulfonamides is 1. The zero-order valence-corrected chi connectivity index (χ0v) is 21.7. The van der Waals surface area contributed by atoms with Gasteiger partial charge in [-0.05, 0) is 42.2 Å². The molecule has 0 fully saturated rings. The van der Waals surface area contributed by atoms with Crippen molar-refractivity contribution in [3.8, 4) is 11.1 Å². The van der Waals surface area contributed by atoms with Crippen LogP contribution in [0.2, 0.25) is 0 Å². The molecule has 214 valence electrons. The highest BCUT2D eigenvalue weighted by Gasteiger charge is 2.38. The van der Waals surface area contributed by atoms with Crippen molar-refractivity contribution in [3.63, 3.8) is 0 Å². The Morgan fingerprint density at radius 1 is 0.950 bits per heavy atom. The summed E-state index contributed by atoms with van der Waals surface area (Å²) in [7, 11) is -3.83. The van der Waals surface area contributed by atoms with Gasteiger partial charge in [-0.2, -0.15) is 13.2 Å². The van der Waals surface area contributed by atoms with Crippen molar-refractivity contribution >= 4 is 33.5 Å². The van der Waals surface area contributed by atoms with Crippen LogP contribution in [0.4, 0.5) is 18.9 Å². The van der Waals surface area contributed by atoms with E-state index >= 15 is 0 Å². The zero-order valence-electron chi connectivity index (χ0n) is 20.9. The maximum atomic E-state index is 11.9. The Balaban J connectivity index is 0.000000708. The number of aryl methyl sites for hydroxylation is 1. The highest BCUT2D eigenvalue weighted by molar-refractivity contribution is 7.89. The van der Waals surface area contributed by atoms with E-state index in [1.54, 1.807) is 47.4 Å². The third kappa shape index (κ3) is 9.71. The number of benzene rings is 3. The number of nitrogens with two attached hydrogens (primary N) is 2. The molecule has 0 saturated carbocycles. The second-order valence-corrected chi connectivity index (χ2v) is 9.95. The van der Waals surface area contributed by atoms with Crippen LogP contribution in [-0.4, -0.2) is 55.7 Å². The molecule has 0 aromatic heterocycles. The summed E-state index contributed by atoms with van der Waals surface area (Å²) >= 11 is 0. The molecule has 0 heterocycles. The van der Waals surface area contributed by atoms with Gasteiger partial charge in [-0.15, -0.1) is 0 Å². The maximum absolute atomic E-state index is 11.9.